The van der Waals surface area contributed by atoms with Gasteiger partial charge in [0.05, 0.1) is 5.56 Å². The van der Waals surface area contributed by atoms with Gasteiger partial charge >= 0.3 is 5.97 Å². The highest BCUT2D eigenvalue weighted by Crippen LogP contribution is 2.26. The second-order valence-electron chi connectivity index (χ2n) is 5.74. The Hall–Kier alpha value is -2.95. The molecule has 0 radical (unpaired) electrons. The van der Waals surface area contributed by atoms with Crippen LogP contribution in [0.1, 0.15) is 21.5 Å². The number of aromatic carboxylic acids is 1. The van der Waals surface area contributed by atoms with Crippen molar-refractivity contribution in [3.63, 3.8) is 0 Å². The van der Waals surface area contributed by atoms with E-state index in [0.717, 1.165) is 24.1 Å². The van der Waals surface area contributed by atoms with Crippen molar-refractivity contribution in [1.82, 2.24) is 0 Å². The van der Waals surface area contributed by atoms with E-state index in [0.29, 0.717) is 17.7 Å². The first-order valence-electron chi connectivity index (χ1n) is 8.52. The van der Waals surface area contributed by atoms with Crippen molar-refractivity contribution in [2.24, 2.45) is 11.5 Å². The molecule has 0 spiro atoms. The summed E-state index contributed by atoms with van der Waals surface area (Å²) in [5, 5.41) is 9.16. The summed E-state index contributed by atoms with van der Waals surface area (Å²) < 4.78 is 0. The molecule has 0 unspecified atom stereocenters. The number of benzene rings is 3. The minimum absolute atomic E-state index is 0.299. The van der Waals surface area contributed by atoms with Crippen LogP contribution in [0.3, 0.4) is 0 Å². The van der Waals surface area contributed by atoms with Crippen molar-refractivity contribution >= 4 is 5.97 Å². The van der Waals surface area contributed by atoms with E-state index in [1.54, 1.807) is 18.2 Å². The largest absolute Gasteiger partial charge is 0.478 e. The number of nitrogens with two attached hydrogens (primary N) is 2. The first kappa shape index (κ1) is 19.4. The molecule has 3 aromatic rings. The number of rotatable bonds is 5. The van der Waals surface area contributed by atoms with Gasteiger partial charge in [0.1, 0.15) is 0 Å². The molecular formula is C22H24N2O2. The molecule has 3 aromatic carbocycles. The molecule has 134 valence electrons. The van der Waals surface area contributed by atoms with Crippen molar-refractivity contribution in [3.8, 4) is 11.1 Å². The van der Waals surface area contributed by atoms with Crippen LogP contribution in [0.25, 0.3) is 11.1 Å². The Kier molecular flexibility index (Phi) is 7.55. The van der Waals surface area contributed by atoms with E-state index in [4.69, 9.17) is 16.6 Å². The number of carbonyl (C=O) groups is 1. The molecule has 4 heteroatoms. The molecule has 3 rings (SSSR count). The van der Waals surface area contributed by atoms with E-state index >= 15 is 0 Å². The molecule has 0 amide bonds. The Bertz CT molecular complexity index is 832. The molecule has 0 saturated carbocycles. The van der Waals surface area contributed by atoms with Crippen LogP contribution in [0.15, 0.2) is 78.9 Å². The first-order chi connectivity index (χ1) is 12.7. The average Bonchev–Trinajstić information content (AvgIpc) is 2.69. The topological polar surface area (TPSA) is 89.3 Å². The van der Waals surface area contributed by atoms with Crippen LogP contribution in [0, 0.1) is 0 Å². The monoisotopic (exact) mass is 348 g/mol. The van der Waals surface area contributed by atoms with Crippen molar-refractivity contribution in [2.75, 3.05) is 6.54 Å². The second kappa shape index (κ2) is 10.1. The quantitative estimate of drug-likeness (QED) is 0.656. The van der Waals surface area contributed by atoms with E-state index < -0.39 is 5.97 Å². The molecule has 4 nitrogen and oxygen atoms in total. The summed E-state index contributed by atoms with van der Waals surface area (Å²) in [6.45, 7) is 1.13. The molecule has 26 heavy (non-hydrogen) atoms. The maximum absolute atomic E-state index is 11.2. The average molecular weight is 348 g/mol. The summed E-state index contributed by atoms with van der Waals surface area (Å²) in [6.07, 6.45) is 0.987. The van der Waals surface area contributed by atoms with Gasteiger partial charge in [0.2, 0.25) is 0 Å². The Morgan fingerprint density at radius 2 is 1.35 bits per heavy atom. The zero-order valence-corrected chi connectivity index (χ0v) is 14.6. The van der Waals surface area contributed by atoms with Crippen LogP contribution in [-0.2, 0) is 13.0 Å². The summed E-state index contributed by atoms with van der Waals surface area (Å²) in [5.74, 6) is -0.924. The molecule has 0 aromatic heterocycles. The predicted molar refractivity (Wildman–Crippen MR) is 106 cm³/mol. The first-order valence-corrected chi connectivity index (χ1v) is 8.52. The van der Waals surface area contributed by atoms with Crippen molar-refractivity contribution < 1.29 is 9.90 Å². The fourth-order valence-corrected chi connectivity index (χ4v) is 2.68. The van der Waals surface area contributed by atoms with Crippen molar-refractivity contribution in [2.45, 2.75) is 13.0 Å². The van der Waals surface area contributed by atoms with Gasteiger partial charge in [0.15, 0.2) is 0 Å². The lowest BCUT2D eigenvalue weighted by Crippen LogP contribution is -2.03. The van der Waals surface area contributed by atoms with E-state index in [1.165, 1.54) is 5.56 Å². The second-order valence-corrected chi connectivity index (χ2v) is 5.74. The highest BCUT2D eigenvalue weighted by molar-refractivity contribution is 5.96. The van der Waals surface area contributed by atoms with Gasteiger partial charge in [-0.2, -0.15) is 0 Å². The maximum Gasteiger partial charge on any atom is 0.336 e. The maximum atomic E-state index is 11.2. The Morgan fingerprint density at radius 1 is 0.769 bits per heavy atom. The van der Waals surface area contributed by atoms with Gasteiger partial charge in [0.25, 0.3) is 0 Å². The predicted octanol–water partition coefficient (Wildman–Crippen LogP) is 3.70. The standard InChI is InChI=1S/C14H13NO2.C8H11N/c15-9-10-5-1-2-6-11(10)12-7-3-4-8-13(12)14(16)17;9-7-6-8-4-2-1-3-5-8/h1-8H,9,15H2,(H,16,17);1-5H,6-7,9H2. The number of hydrogen-bond donors (Lipinski definition) is 3. The van der Waals surface area contributed by atoms with Gasteiger partial charge < -0.3 is 16.6 Å². The van der Waals surface area contributed by atoms with Gasteiger partial charge in [-0.05, 0) is 41.3 Å². The molecule has 0 saturated heterocycles. The van der Waals surface area contributed by atoms with E-state index in [1.807, 2.05) is 48.5 Å². The molecular weight excluding hydrogens is 324 g/mol. The van der Waals surface area contributed by atoms with Crippen LogP contribution in [-0.4, -0.2) is 17.6 Å². The van der Waals surface area contributed by atoms with Gasteiger partial charge in [0, 0.05) is 6.54 Å². The molecule has 0 atom stereocenters. The van der Waals surface area contributed by atoms with Crippen LogP contribution in [0.4, 0.5) is 0 Å². The minimum Gasteiger partial charge on any atom is -0.478 e. The fraction of sp³-hybridized carbons (Fsp3) is 0.136. The van der Waals surface area contributed by atoms with Gasteiger partial charge in [-0.15, -0.1) is 0 Å². The summed E-state index contributed by atoms with van der Waals surface area (Å²) >= 11 is 0. The number of hydrogen-bond acceptors (Lipinski definition) is 3. The minimum atomic E-state index is -0.924. The Morgan fingerprint density at radius 3 is 1.96 bits per heavy atom. The van der Waals surface area contributed by atoms with Crippen LogP contribution in [0.5, 0.6) is 0 Å². The van der Waals surface area contributed by atoms with Crippen LogP contribution < -0.4 is 11.5 Å². The molecule has 5 N–H and O–H groups in total. The highest BCUT2D eigenvalue weighted by atomic mass is 16.4. The van der Waals surface area contributed by atoms with Gasteiger partial charge in [-0.25, -0.2) is 4.79 Å². The molecule has 0 aliphatic carbocycles. The molecule has 0 aliphatic heterocycles. The third kappa shape index (κ3) is 5.28. The zero-order valence-electron chi connectivity index (χ0n) is 14.6. The highest BCUT2D eigenvalue weighted by Gasteiger charge is 2.12. The number of carboxylic acids is 1. The third-order valence-electron chi connectivity index (χ3n) is 3.96. The molecule has 0 heterocycles. The third-order valence-corrected chi connectivity index (χ3v) is 3.96. The number of carboxylic acid groups (broad SMARTS) is 1. The van der Waals surface area contributed by atoms with Crippen LogP contribution in [0.2, 0.25) is 0 Å². The van der Waals surface area contributed by atoms with Crippen LogP contribution >= 0.6 is 0 Å². The van der Waals surface area contributed by atoms with E-state index in [-0.39, 0.29) is 0 Å². The fourth-order valence-electron chi connectivity index (χ4n) is 2.68. The molecule has 0 aliphatic rings. The van der Waals surface area contributed by atoms with Crippen molar-refractivity contribution in [1.29, 1.82) is 0 Å². The zero-order chi connectivity index (χ0) is 18.8. The lowest BCUT2D eigenvalue weighted by molar-refractivity contribution is 0.0697. The Balaban J connectivity index is 0.000000228. The molecule has 0 fully saturated rings. The SMILES string of the molecule is NCCc1ccccc1.NCc1ccccc1-c1ccccc1C(=O)O. The normalized spacial score (nSPS) is 9.92. The lowest BCUT2D eigenvalue weighted by atomic mass is 9.95. The smallest absolute Gasteiger partial charge is 0.336 e. The summed E-state index contributed by atoms with van der Waals surface area (Å²) in [5.41, 5.74) is 15.2. The lowest BCUT2D eigenvalue weighted by Gasteiger charge is -2.10. The summed E-state index contributed by atoms with van der Waals surface area (Å²) in [4.78, 5) is 11.2. The van der Waals surface area contributed by atoms with E-state index in [2.05, 4.69) is 12.1 Å². The van der Waals surface area contributed by atoms with Crippen molar-refractivity contribution in [3.05, 3.63) is 95.6 Å². The summed E-state index contributed by atoms with van der Waals surface area (Å²) in [6, 6.07) is 24.8. The van der Waals surface area contributed by atoms with Gasteiger partial charge in [-0.1, -0.05) is 72.8 Å². The van der Waals surface area contributed by atoms with E-state index in [9.17, 15) is 4.79 Å². The van der Waals surface area contributed by atoms with Gasteiger partial charge in [-0.3, -0.25) is 0 Å². The Labute approximate surface area is 154 Å². The molecule has 0 bridgehead atoms. The summed E-state index contributed by atoms with van der Waals surface area (Å²) in [7, 11) is 0.